The average molecular weight is 302 g/mol. The van der Waals surface area contributed by atoms with E-state index in [1.54, 1.807) is 13.1 Å². The summed E-state index contributed by atoms with van der Waals surface area (Å²) in [6, 6.07) is 0. The van der Waals surface area contributed by atoms with E-state index < -0.39 is 0 Å². The van der Waals surface area contributed by atoms with Gasteiger partial charge in [0.15, 0.2) is 0 Å². The predicted molar refractivity (Wildman–Crippen MR) is 75.4 cm³/mol. The molecule has 0 N–H and O–H groups in total. The van der Waals surface area contributed by atoms with Gasteiger partial charge in [-0.25, -0.2) is 4.99 Å². The molecule has 0 rings (SSSR count). The lowest BCUT2D eigenvalue weighted by atomic mass is 10.1. The summed E-state index contributed by atoms with van der Waals surface area (Å²) in [4.78, 5) is 15.6. The molecule has 0 heterocycles. The third-order valence-corrected chi connectivity index (χ3v) is 2.60. The van der Waals surface area contributed by atoms with Crippen LogP contribution in [0.5, 0.6) is 0 Å². The van der Waals surface area contributed by atoms with Crippen molar-refractivity contribution in [2.24, 2.45) is 4.99 Å². The third kappa shape index (κ3) is 8.86. The fourth-order valence-corrected chi connectivity index (χ4v) is 1.20. The fraction of sp³-hybridized carbons (Fsp3) is 0.538. The van der Waals surface area contributed by atoms with Crippen LogP contribution in [0.4, 0.5) is 0 Å². The first-order valence-corrected chi connectivity index (χ1v) is 6.63. The van der Waals surface area contributed by atoms with Crippen molar-refractivity contribution in [1.29, 1.82) is 0 Å². The Balaban J connectivity index is 4.54. The number of hydrogen-bond acceptors (Lipinski definition) is 3. The van der Waals surface area contributed by atoms with E-state index in [0.717, 1.165) is 23.0 Å². The maximum atomic E-state index is 11.4. The minimum absolute atomic E-state index is 0.210. The summed E-state index contributed by atoms with van der Waals surface area (Å²) in [6.45, 7) is 6.20. The van der Waals surface area contributed by atoms with Crippen molar-refractivity contribution in [2.45, 2.75) is 40.0 Å². The zero-order chi connectivity index (χ0) is 13.1. The summed E-state index contributed by atoms with van der Waals surface area (Å²) in [5, 5.41) is 0. The number of rotatable bonds is 7. The van der Waals surface area contributed by atoms with Crippen LogP contribution in [0.3, 0.4) is 0 Å². The molecular weight excluding hydrogens is 282 g/mol. The van der Waals surface area contributed by atoms with Gasteiger partial charge in [0.1, 0.15) is 4.61 Å². The van der Waals surface area contributed by atoms with Crippen LogP contribution in [-0.2, 0) is 9.53 Å². The van der Waals surface area contributed by atoms with Gasteiger partial charge in [0.25, 0.3) is 0 Å². The number of carbonyl (C=O) groups excluding carboxylic acids is 1. The van der Waals surface area contributed by atoms with Gasteiger partial charge >= 0.3 is 5.97 Å². The second-order valence-corrected chi connectivity index (χ2v) is 4.23. The second kappa shape index (κ2) is 10.3. The molecule has 0 aromatic heterocycles. The highest BCUT2D eigenvalue weighted by Gasteiger charge is 2.04. The normalized spacial score (nSPS) is 13.2. The van der Waals surface area contributed by atoms with Crippen molar-refractivity contribution in [3.63, 3.8) is 0 Å². The predicted octanol–water partition coefficient (Wildman–Crippen LogP) is 3.99. The monoisotopic (exact) mass is 301 g/mol. The summed E-state index contributed by atoms with van der Waals surface area (Å²) in [5.41, 5.74) is 0.893. The minimum Gasteiger partial charge on any atom is -0.466 e. The number of esters is 1. The Hall–Kier alpha value is -0.900. The summed E-state index contributed by atoms with van der Waals surface area (Å²) < 4.78 is 5.67. The summed E-state index contributed by atoms with van der Waals surface area (Å²) in [6.07, 6.45) is 7.84. The SMILES string of the molecule is C\C=C(Br)/N=C\C(=C\CCC)CC(=O)OCC. The number of hydrogen-bond donors (Lipinski definition) is 0. The van der Waals surface area contributed by atoms with Gasteiger partial charge in [0.2, 0.25) is 0 Å². The van der Waals surface area contributed by atoms with Gasteiger partial charge in [-0.15, -0.1) is 0 Å². The number of aliphatic imine (C=N–C) groups is 1. The van der Waals surface area contributed by atoms with E-state index in [0.29, 0.717) is 6.61 Å². The molecule has 0 amide bonds. The molecule has 0 aliphatic heterocycles. The van der Waals surface area contributed by atoms with Gasteiger partial charge in [0.05, 0.1) is 13.0 Å². The molecule has 0 fully saturated rings. The first kappa shape index (κ1) is 16.1. The lowest BCUT2D eigenvalue weighted by Crippen LogP contribution is -2.05. The summed E-state index contributed by atoms with van der Waals surface area (Å²) in [7, 11) is 0. The average Bonchev–Trinajstić information content (AvgIpc) is 2.32. The van der Waals surface area contributed by atoms with Crippen molar-refractivity contribution in [1.82, 2.24) is 0 Å². The van der Waals surface area contributed by atoms with Crippen molar-refractivity contribution in [3.05, 3.63) is 22.3 Å². The largest absolute Gasteiger partial charge is 0.466 e. The van der Waals surface area contributed by atoms with Crippen LogP contribution in [0.1, 0.15) is 40.0 Å². The molecule has 0 spiro atoms. The van der Waals surface area contributed by atoms with Crippen molar-refractivity contribution in [2.75, 3.05) is 6.61 Å². The minimum atomic E-state index is -0.210. The van der Waals surface area contributed by atoms with Gasteiger partial charge in [-0.1, -0.05) is 25.5 Å². The van der Waals surface area contributed by atoms with Crippen LogP contribution >= 0.6 is 15.9 Å². The number of ether oxygens (including phenoxy) is 1. The molecule has 0 aliphatic carbocycles. The van der Waals surface area contributed by atoms with Crippen LogP contribution in [-0.4, -0.2) is 18.8 Å². The van der Waals surface area contributed by atoms with E-state index in [-0.39, 0.29) is 12.4 Å². The van der Waals surface area contributed by atoms with E-state index in [1.165, 1.54) is 0 Å². The van der Waals surface area contributed by atoms with Crippen LogP contribution in [0, 0.1) is 0 Å². The Kier molecular flexibility index (Phi) is 9.72. The molecule has 0 bridgehead atoms. The Morgan fingerprint density at radius 2 is 2.12 bits per heavy atom. The Morgan fingerprint density at radius 1 is 1.41 bits per heavy atom. The molecule has 0 radical (unpaired) electrons. The van der Waals surface area contributed by atoms with Gasteiger partial charge in [-0.05, 0) is 41.8 Å². The highest BCUT2D eigenvalue weighted by atomic mass is 79.9. The van der Waals surface area contributed by atoms with Gasteiger partial charge in [0, 0.05) is 6.21 Å². The summed E-state index contributed by atoms with van der Waals surface area (Å²) in [5.74, 6) is -0.210. The Morgan fingerprint density at radius 3 is 2.65 bits per heavy atom. The molecule has 0 atom stereocenters. The Labute approximate surface area is 112 Å². The van der Waals surface area contributed by atoms with Crippen LogP contribution in [0.2, 0.25) is 0 Å². The molecule has 4 heteroatoms. The van der Waals surface area contributed by atoms with E-state index in [1.807, 2.05) is 19.1 Å². The van der Waals surface area contributed by atoms with E-state index in [2.05, 4.69) is 27.8 Å². The first-order chi connectivity index (χ1) is 8.13. The van der Waals surface area contributed by atoms with Crippen molar-refractivity contribution in [3.8, 4) is 0 Å². The molecule has 96 valence electrons. The highest BCUT2D eigenvalue weighted by molar-refractivity contribution is 9.11. The third-order valence-electron chi connectivity index (χ3n) is 1.94. The van der Waals surface area contributed by atoms with Crippen LogP contribution in [0.25, 0.3) is 0 Å². The van der Waals surface area contributed by atoms with E-state index in [9.17, 15) is 4.79 Å². The van der Waals surface area contributed by atoms with Gasteiger partial charge < -0.3 is 4.74 Å². The molecule has 0 unspecified atom stereocenters. The van der Waals surface area contributed by atoms with Crippen molar-refractivity contribution < 1.29 is 9.53 Å². The zero-order valence-corrected chi connectivity index (χ0v) is 12.3. The van der Waals surface area contributed by atoms with Gasteiger partial charge in [-0.3, -0.25) is 4.79 Å². The molecular formula is C13H20BrNO2. The van der Waals surface area contributed by atoms with Gasteiger partial charge in [-0.2, -0.15) is 0 Å². The number of unbranched alkanes of at least 4 members (excludes halogenated alkanes) is 1. The number of halogens is 1. The number of allylic oxidation sites excluding steroid dienone is 2. The quantitative estimate of drug-likeness (QED) is 0.405. The molecule has 0 saturated carbocycles. The first-order valence-electron chi connectivity index (χ1n) is 5.84. The molecule has 0 aromatic carbocycles. The lowest BCUT2D eigenvalue weighted by molar-refractivity contribution is -0.142. The standard InChI is InChI=1S/C13H20BrNO2/c1-4-7-8-11(9-13(16)17-6-3)10-15-12(14)5-2/h5,8,10H,4,6-7,9H2,1-3H3/b11-8+,12-5-,15-10-. The number of carbonyl (C=O) groups is 1. The van der Waals surface area contributed by atoms with E-state index >= 15 is 0 Å². The van der Waals surface area contributed by atoms with Crippen LogP contribution < -0.4 is 0 Å². The molecule has 0 saturated heterocycles. The lowest BCUT2D eigenvalue weighted by Gasteiger charge is -2.02. The second-order valence-electron chi connectivity index (χ2n) is 3.42. The van der Waals surface area contributed by atoms with Crippen molar-refractivity contribution >= 4 is 28.1 Å². The molecule has 0 aliphatic rings. The maximum absolute atomic E-state index is 11.4. The van der Waals surface area contributed by atoms with E-state index in [4.69, 9.17) is 4.74 Å². The maximum Gasteiger partial charge on any atom is 0.310 e. The highest BCUT2D eigenvalue weighted by Crippen LogP contribution is 2.09. The molecule has 17 heavy (non-hydrogen) atoms. The summed E-state index contributed by atoms with van der Waals surface area (Å²) >= 11 is 3.29. The number of nitrogens with zero attached hydrogens (tertiary/aromatic N) is 1. The fourth-order valence-electron chi connectivity index (χ4n) is 1.10. The zero-order valence-electron chi connectivity index (χ0n) is 10.7. The molecule has 0 aromatic rings. The Bertz CT molecular complexity index is 319. The van der Waals surface area contributed by atoms with Crippen LogP contribution in [0.15, 0.2) is 27.3 Å². The molecule has 3 nitrogen and oxygen atoms in total. The smallest absolute Gasteiger partial charge is 0.310 e. The topological polar surface area (TPSA) is 38.7 Å².